The average Bonchev–Trinajstić information content (AvgIpc) is 2.72. The first-order valence-corrected chi connectivity index (χ1v) is 11.1. The van der Waals surface area contributed by atoms with Gasteiger partial charge < -0.3 is 25.2 Å². The van der Waals surface area contributed by atoms with Gasteiger partial charge in [0.05, 0.1) is 12.2 Å². The quantitative estimate of drug-likeness (QED) is 0.562. The molecule has 29 heavy (non-hydrogen) atoms. The van der Waals surface area contributed by atoms with Gasteiger partial charge in [0, 0.05) is 52.0 Å². The lowest BCUT2D eigenvalue weighted by atomic mass is 10.1. The molecule has 0 aromatic carbocycles. The molecule has 2 saturated heterocycles. The van der Waals surface area contributed by atoms with Crippen molar-refractivity contribution in [3.05, 3.63) is 23.9 Å². The summed E-state index contributed by atoms with van der Waals surface area (Å²) in [7, 11) is 1.84. The largest absolute Gasteiger partial charge is 0.372 e. The van der Waals surface area contributed by atoms with Crippen LogP contribution in [0.5, 0.6) is 0 Å². The Kier molecular flexibility index (Phi) is 8.12. The Bertz CT molecular complexity index is 631. The van der Waals surface area contributed by atoms with Crippen LogP contribution in [0.15, 0.2) is 23.3 Å². The first kappa shape index (κ1) is 21.8. The van der Waals surface area contributed by atoms with Crippen LogP contribution in [0.1, 0.15) is 45.6 Å². The third-order valence-electron chi connectivity index (χ3n) is 5.70. The lowest BCUT2D eigenvalue weighted by Crippen LogP contribution is -2.48. The monoisotopic (exact) mass is 402 g/mol. The molecule has 2 atom stereocenters. The van der Waals surface area contributed by atoms with Gasteiger partial charge in [-0.15, -0.1) is 0 Å². The molecule has 0 bridgehead atoms. The van der Waals surface area contributed by atoms with E-state index in [-0.39, 0.29) is 12.2 Å². The van der Waals surface area contributed by atoms with E-state index in [0.29, 0.717) is 6.04 Å². The summed E-state index contributed by atoms with van der Waals surface area (Å²) < 4.78 is 5.82. The van der Waals surface area contributed by atoms with E-state index in [0.717, 1.165) is 37.0 Å². The maximum atomic E-state index is 5.82. The molecule has 2 aliphatic rings. The van der Waals surface area contributed by atoms with Crippen LogP contribution < -0.4 is 15.5 Å². The van der Waals surface area contributed by atoms with Gasteiger partial charge in [0.1, 0.15) is 5.82 Å². The summed E-state index contributed by atoms with van der Waals surface area (Å²) in [5.74, 6) is 1.90. The van der Waals surface area contributed by atoms with Crippen molar-refractivity contribution < 1.29 is 4.74 Å². The van der Waals surface area contributed by atoms with Crippen LogP contribution in [-0.2, 0) is 11.3 Å². The van der Waals surface area contributed by atoms with Gasteiger partial charge in [0.25, 0.3) is 0 Å². The van der Waals surface area contributed by atoms with E-state index in [1.54, 1.807) is 0 Å². The number of aliphatic imine (C=N–C) groups is 1. The Morgan fingerprint density at radius 1 is 1.21 bits per heavy atom. The van der Waals surface area contributed by atoms with Crippen molar-refractivity contribution in [3.63, 3.8) is 0 Å². The van der Waals surface area contributed by atoms with E-state index < -0.39 is 0 Å². The third kappa shape index (κ3) is 6.57. The topological polar surface area (TPSA) is 65.0 Å². The second kappa shape index (κ2) is 10.8. The molecule has 0 amide bonds. The first-order chi connectivity index (χ1) is 14.1. The molecule has 2 fully saturated rings. The van der Waals surface area contributed by atoms with Crippen LogP contribution in [0.3, 0.4) is 0 Å². The lowest BCUT2D eigenvalue weighted by Gasteiger charge is -2.36. The number of hydrogen-bond donors (Lipinski definition) is 2. The summed E-state index contributed by atoms with van der Waals surface area (Å²) in [5.41, 5.74) is 1.16. The highest BCUT2D eigenvalue weighted by Gasteiger charge is 2.23. The number of nitrogens with zero attached hydrogens (tertiary/aromatic N) is 4. The highest BCUT2D eigenvalue weighted by atomic mass is 16.5. The molecule has 1 aromatic heterocycles. The van der Waals surface area contributed by atoms with Crippen molar-refractivity contribution in [1.29, 1.82) is 0 Å². The Labute approximate surface area is 175 Å². The molecule has 0 spiro atoms. The van der Waals surface area contributed by atoms with Gasteiger partial charge in [-0.25, -0.2) is 4.98 Å². The summed E-state index contributed by atoms with van der Waals surface area (Å²) in [6.45, 7) is 12.5. The normalized spacial score (nSPS) is 24.6. The molecule has 0 saturated carbocycles. The minimum absolute atomic E-state index is 0.241. The summed E-state index contributed by atoms with van der Waals surface area (Å²) in [6, 6.07) is 4.76. The zero-order chi connectivity index (χ0) is 20.6. The van der Waals surface area contributed by atoms with E-state index in [4.69, 9.17) is 4.74 Å². The molecule has 0 aliphatic carbocycles. The summed E-state index contributed by atoms with van der Waals surface area (Å²) in [5, 5.41) is 7.02. The van der Waals surface area contributed by atoms with E-state index >= 15 is 0 Å². The van der Waals surface area contributed by atoms with Crippen molar-refractivity contribution in [3.8, 4) is 0 Å². The number of likely N-dealkylation sites (tertiary alicyclic amines) is 1. The van der Waals surface area contributed by atoms with Crippen molar-refractivity contribution >= 4 is 11.8 Å². The van der Waals surface area contributed by atoms with Crippen LogP contribution >= 0.6 is 0 Å². The van der Waals surface area contributed by atoms with Gasteiger partial charge in [-0.05, 0) is 51.3 Å². The van der Waals surface area contributed by atoms with Crippen molar-refractivity contribution in [2.45, 2.75) is 64.8 Å². The van der Waals surface area contributed by atoms with Gasteiger partial charge >= 0.3 is 0 Å². The number of ether oxygens (including phenoxy) is 1. The maximum Gasteiger partial charge on any atom is 0.191 e. The zero-order valence-corrected chi connectivity index (χ0v) is 18.5. The number of rotatable bonds is 6. The molecule has 7 heteroatoms. The number of guanidine groups is 1. The molecular weight excluding hydrogens is 364 g/mol. The Morgan fingerprint density at radius 2 is 1.93 bits per heavy atom. The van der Waals surface area contributed by atoms with Crippen molar-refractivity contribution in [2.24, 2.45) is 4.99 Å². The molecule has 0 radical (unpaired) electrons. The highest BCUT2D eigenvalue weighted by Crippen LogP contribution is 2.18. The maximum absolute atomic E-state index is 5.82. The second-order valence-corrected chi connectivity index (χ2v) is 8.37. The fourth-order valence-corrected chi connectivity index (χ4v) is 4.26. The minimum atomic E-state index is 0.241. The highest BCUT2D eigenvalue weighted by molar-refractivity contribution is 5.79. The Hall–Kier alpha value is -1.86. The van der Waals surface area contributed by atoms with Gasteiger partial charge in [-0.3, -0.25) is 4.99 Å². The number of hydrogen-bond acceptors (Lipinski definition) is 5. The van der Waals surface area contributed by atoms with Gasteiger partial charge in [-0.2, -0.15) is 0 Å². The van der Waals surface area contributed by atoms with E-state index in [2.05, 4.69) is 63.3 Å². The van der Waals surface area contributed by atoms with Crippen molar-refractivity contribution in [2.75, 3.05) is 44.7 Å². The van der Waals surface area contributed by atoms with Gasteiger partial charge in [-0.1, -0.05) is 13.0 Å². The summed E-state index contributed by atoms with van der Waals surface area (Å²) >= 11 is 0. The molecule has 7 nitrogen and oxygen atoms in total. The molecular formula is C22H38N6O. The SMILES string of the molecule is CCCN1CCC(NC(=NC)NCc2ccc(N3CC(C)OC(C)C3)nc2)CC1. The van der Waals surface area contributed by atoms with Gasteiger partial charge in [0.2, 0.25) is 0 Å². The fourth-order valence-electron chi connectivity index (χ4n) is 4.26. The Balaban J connectivity index is 1.45. The van der Waals surface area contributed by atoms with E-state index in [1.165, 1.54) is 38.9 Å². The fraction of sp³-hybridized carbons (Fsp3) is 0.727. The van der Waals surface area contributed by atoms with Crippen LogP contribution in [0, 0.1) is 0 Å². The first-order valence-electron chi connectivity index (χ1n) is 11.1. The summed E-state index contributed by atoms with van der Waals surface area (Å²) in [4.78, 5) is 13.9. The number of anilines is 1. The molecule has 162 valence electrons. The zero-order valence-electron chi connectivity index (χ0n) is 18.5. The predicted molar refractivity (Wildman–Crippen MR) is 120 cm³/mol. The number of aromatic nitrogens is 1. The molecule has 3 heterocycles. The van der Waals surface area contributed by atoms with Crippen LogP contribution in [0.25, 0.3) is 0 Å². The van der Waals surface area contributed by atoms with E-state index in [1.807, 2.05) is 13.2 Å². The smallest absolute Gasteiger partial charge is 0.191 e. The van der Waals surface area contributed by atoms with Crippen LogP contribution in [0.2, 0.25) is 0 Å². The average molecular weight is 403 g/mol. The van der Waals surface area contributed by atoms with Gasteiger partial charge in [0.15, 0.2) is 5.96 Å². The molecule has 2 unspecified atom stereocenters. The van der Waals surface area contributed by atoms with E-state index in [9.17, 15) is 0 Å². The molecule has 2 N–H and O–H groups in total. The predicted octanol–water partition coefficient (Wildman–Crippen LogP) is 2.23. The number of pyridine rings is 1. The minimum Gasteiger partial charge on any atom is -0.372 e. The standard InChI is InChI=1S/C22H38N6O/c1-5-10-27-11-8-20(9-12-27)26-22(23-4)25-14-19-6-7-21(24-13-19)28-15-17(2)29-18(3)16-28/h6-7,13,17-18,20H,5,8-12,14-16H2,1-4H3,(H2,23,25,26). The van der Waals surface area contributed by atoms with Crippen LogP contribution in [-0.4, -0.2) is 73.9 Å². The summed E-state index contributed by atoms with van der Waals surface area (Å²) in [6.07, 6.45) is 6.03. The molecule has 3 rings (SSSR count). The number of morpholine rings is 1. The third-order valence-corrected chi connectivity index (χ3v) is 5.70. The second-order valence-electron chi connectivity index (χ2n) is 8.37. The molecule has 1 aromatic rings. The van der Waals surface area contributed by atoms with Crippen molar-refractivity contribution in [1.82, 2.24) is 20.5 Å². The van der Waals surface area contributed by atoms with Crippen LogP contribution in [0.4, 0.5) is 5.82 Å². The lowest BCUT2D eigenvalue weighted by molar-refractivity contribution is -0.00545. The Morgan fingerprint density at radius 3 is 2.52 bits per heavy atom. The number of nitrogens with one attached hydrogen (secondary N) is 2. The number of piperidine rings is 1. The molecule has 2 aliphatic heterocycles.